The van der Waals surface area contributed by atoms with E-state index in [9.17, 15) is 5.11 Å². The van der Waals surface area contributed by atoms with Gasteiger partial charge in [0, 0.05) is 19.3 Å². The number of rotatable bonds is 6. The molecule has 0 aliphatic carbocycles. The van der Waals surface area contributed by atoms with Gasteiger partial charge in [-0.1, -0.05) is 5.21 Å². The fourth-order valence-corrected chi connectivity index (χ4v) is 1.37. The van der Waals surface area contributed by atoms with Gasteiger partial charge >= 0.3 is 0 Å². The zero-order chi connectivity index (χ0) is 11.2. The molecule has 2 aromatic rings. The zero-order valence-corrected chi connectivity index (χ0v) is 8.78. The molecule has 2 heterocycles. The molecular weight excluding hydrogens is 208 g/mol. The summed E-state index contributed by atoms with van der Waals surface area (Å²) < 4.78 is 6.81. The molecule has 2 N–H and O–H groups in total. The zero-order valence-electron chi connectivity index (χ0n) is 8.78. The third kappa shape index (κ3) is 2.91. The summed E-state index contributed by atoms with van der Waals surface area (Å²) in [5.41, 5.74) is 0. The van der Waals surface area contributed by atoms with Crippen LogP contribution in [0.15, 0.2) is 35.2 Å². The molecule has 16 heavy (non-hydrogen) atoms. The quantitative estimate of drug-likeness (QED) is 0.682. The highest BCUT2D eigenvalue weighted by molar-refractivity contribution is 5.01. The normalized spacial score (nSPS) is 12.8. The summed E-state index contributed by atoms with van der Waals surface area (Å²) in [5, 5.41) is 20.3. The van der Waals surface area contributed by atoms with E-state index in [1.807, 2.05) is 0 Å². The van der Waals surface area contributed by atoms with Gasteiger partial charge in [0.2, 0.25) is 0 Å². The SMILES string of the molecule is OC(CNCCn1ccnn1)c1ccco1. The molecule has 1 atom stereocenters. The van der Waals surface area contributed by atoms with Crippen molar-refractivity contribution in [3.8, 4) is 0 Å². The van der Waals surface area contributed by atoms with Crippen molar-refractivity contribution in [2.45, 2.75) is 12.6 Å². The molecule has 0 aromatic carbocycles. The van der Waals surface area contributed by atoms with Crippen LogP contribution in [0.1, 0.15) is 11.9 Å². The van der Waals surface area contributed by atoms with Crippen molar-refractivity contribution in [3.63, 3.8) is 0 Å². The average molecular weight is 222 g/mol. The number of nitrogens with one attached hydrogen (secondary N) is 1. The average Bonchev–Trinajstić information content (AvgIpc) is 2.96. The highest BCUT2D eigenvalue weighted by Gasteiger charge is 2.08. The van der Waals surface area contributed by atoms with Gasteiger partial charge in [-0.3, -0.25) is 4.68 Å². The van der Waals surface area contributed by atoms with E-state index >= 15 is 0 Å². The summed E-state index contributed by atoms with van der Waals surface area (Å²) >= 11 is 0. The molecule has 86 valence electrons. The van der Waals surface area contributed by atoms with E-state index in [0.29, 0.717) is 12.3 Å². The Labute approximate surface area is 92.9 Å². The van der Waals surface area contributed by atoms with E-state index in [1.165, 1.54) is 0 Å². The number of hydrogen-bond donors (Lipinski definition) is 2. The number of aliphatic hydroxyl groups excluding tert-OH is 1. The molecule has 2 aromatic heterocycles. The molecule has 0 bridgehead atoms. The second-order valence-electron chi connectivity index (χ2n) is 3.40. The summed E-state index contributed by atoms with van der Waals surface area (Å²) in [7, 11) is 0. The number of nitrogens with zero attached hydrogens (tertiary/aromatic N) is 3. The molecule has 2 rings (SSSR count). The Kier molecular flexibility index (Phi) is 3.68. The summed E-state index contributed by atoms with van der Waals surface area (Å²) in [6.45, 7) is 1.91. The first-order valence-electron chi connectivity index (χ1n) is 5.12. The van der Waals surface area contributed by atoms with Gasteiger partial charge in [0.1, 0.15) is 11.9 Å². The van der Waals surface area contributed by atoms with E-state index in [-0.39, 0.29) is 0 Å². The molecule has 0 fully saturated rings. The second-order valence-corrected chi connectivity index (χ2v) is 3.40. The van der Waals surface area contributed by atoms with Crippen LogP contribution >= 0.6 is 0 Å². The monoisotopic (exact) mass is 222 g/mol. The number of aliphatic hydroxyl groups is 1. The highest BCUT2D eigenvalue weighted by Crippen LogP contribution is 2.11. The predicted octanol–water partition coefficient (Wildman–Crippen LogP) is 0.194. The molecule has 6 nitrogen and oxygen atoms in total. The lowest BCUT2D eigenvalue weighted by atomic mass is 10.3. The summed E-state index contributed by atoms with van der Waals surface area (Å²) in [6, 6.07) is 3.51. The Hall–Kier alpha value is -1.66. The van der Waals surface area contributed by atoms with Crippen molar-refractivity contribution >= 4 is 0 Å². The molecule has 6 heteroatoms. The Bertz CT molecular complexity index is 385. The van der Waals surface area contributed by atoms with Gasteiger partial charge in [-0.15, -0.1) is 5.10 Å². The fourth-order valence-electron chi connectivity index (χ4n) is 1.37. The molecule has 0 saturated heterocycles. The third-order valence-corrected chi connectivity index (χ3v) is 2.20. The van der Waals surface area contributed by atoms with E-state index in [1.54, 1.807) is 35.5 Å². The number of furan rings is 1. The van der Waals surface area contributed by atoms with Gasteiger partial charge in [0.25, 0.3) is 0 Å². The van der Waals surface area contributed by atoms with Crippen molar-refractivity contribution in [1.82, 2.24) is 20.3 Å². The summed E-state index contributed by atoms with van der Waals surface area (Å²) in [4.78, 5) is 0. The highest BCUT2D eigenvalue weighted by atomic mass is 16.4. The minimum absolute atomic E-state index is 0.461. The van der Waals surface area contributed by atoms with Crippen LogP contribution in [0.3, 0.4) is 0 Å². The van der Waals surface area contributed by atoms with Crippen LogP contribution in [0.5, 0.6) is 0 Å². The standard InChI is InChI=1S/C10H14N4O2/c15-9(10-2-1-7-16-10)8-11-3-5-14-6-4-12-13-14/h1-2,4,6-7,9,11,15H,3,5,8H2. The molecule has 0 aliphatic heterocycles. The summed E-state index contributed by atoms with van der Waals surface area (Å²) in [5.74, 6) is 0.577. The largest absolute Gasteiger partial charge is 0.467 e. The maximum absolute atomic E-state index is 9.68. The van der Waals surface area contributed by atoms with Crippen LogP contribution in [0.4, 0.5) is 0 Å². The van der Waals surface area contributed by atoms with Crippen LogP contribution in [0.25, 0.3) is 0 Å². The van der Waals surface area contributed by atoms with E-state index < -0.39 is 6.10 Å². The van der Waals surface area contributed by atoms with Gasteiger partial charge in [0.15, 0.2) is 0 Å². The lowest BCUT2D eigenvalue weighted by molar-refractivity contribution is 0.147. The minimum atomic E-state index is -0.606. The van der Waals surface area contributed by atoms with Crippen LogP contribution < -0.4 is 5.32 Å². The molecule has 0 saturated carbocycles. The molecular formula is C10H14N4O2. The van der Waals surface area contributed by atoms with Gasteiger partial charge in [0.05, 0.1) is 19.0 Å². The molecule has 0 aliphatic rings. The Balaban J connectivity index is 1.65. The summed E-state index contributed by atoms with van der Waals surface area (Å²) in [6.07, 6.45) is 4.38. The van der Waals surface area contributed by atoms with E-state index in [2.05, 4.69) is 15.6 Å². The smallest absolute Gasteiger partial charge is 0.133 e. The Morgan fingerprint density at radius 2 is 2.50 bits per heavy atom. The topological polar surface area (TPSA) is 76.1 Å². The first-order chi connectivity index (χ1) is 7.86. The van der Waals surface area contributed by atoms with E-state index in [0.717, 1.165) is 13.1 Å². The first-order valence-corrected chi connectivity index (χ1v) is 5.12. The van der Waals surface area contributed by atoms with Gasteiger partial charge < -0.3 is 14.8 Å². The maximum Gasteiger partial charge on any atom is 0.133 e. The van der Waals surface area contributed by atoms with Crippen molar-refractivity contribution in [2.24, 2.45) is 0 Å². The van der Waals surface area contributed by atoms with Gasteiger partial charge in [-0.25, -0.2) is 0 Å². The lowest BCUT2D eigenvalue weighted by Crippen LogP contribution is -2.25. The van der Waals surface area contributed by atoms with Crippen molar-refractivity contribution < 1.29 is 9.52 Å². The number of hydrogen-bond acceptors (Lipinski definition) is 5. The second kappa shape index (κ2) is 5.43. The first kappa shape index (κ1) is 10.8. The maximum atomic E-state index is 9.68. The van der Waals surface area contributed by atoms with Crippen molar-refractivity contribution in [2.75, 3.05) is 13.1 Å². The van der Waals surface area contributed by atoms with Crippen LogP contribution in [0.2, 0.25) is 0 Å². The van der Waals surface area contributed by atoms with Crippen LogP contribution in [-0.2, 0) is 6.54 Å². The molecule has 0 spiro atoms. The molecule has 0 amide bonds. The van der Waals surface area contributed by atoms with Crippen molar-refractivity contribution in [3.05, 3.63) is 36.5 Å². The van der Waals surface area contributed by atoms with Gasteiger partial charge in [-0.05, 0) is 12.1 Å². The molecule has 1 unspecified atom stereocenters. The minimum Gasteiger partial charge on any atom is -0.467 e. The van der Waals surface area contributed by atoms with Crippen molar-refractivity contribution in [1.29, 1.82) is 0 Å². The lowest BCUT2D eigenvalue weighted by Gasteiger charge is -2.08. The van der Waals surface area contributed by atoms with Crippen LogP contribution in [0, 0.1) is 0 Å². The third-order valence-electron chi connectivity index (χ3n) is 2.20. The predicted molar refractivity (Wildman–Crippen MR) is 56.6 cm³/mol. The van der Waals surface area contributed by atoms with Gasteiger partial charge in [-0.2, -0.15) is 0 Å². The van der Waals surface area contributed by atoms with E-state index in [4.69, 9.17) is 4.42 Å². The number of aromatic nitrogens is 3. The Morgan fingerprint density at radius 3 is 3.19 bits per heavy atom. The fraction of sp³-hybridized carbons (Fsp3) is 0.400. The van der Waals surface area contributed by atoms with Crippen LogP contribution in [-0.4, -0.2) is 33.2 Å². The molecule has 0 radical (unpaired) electrons. The Morgan fingerprint density at radius 1 is 1.56 bits per heavy atom.